The van der Waals surface area contributed by atoms with Crippen molar-refractivity contribution in [1.29, 1.82) is 0 Å². The van der Waals surface area contributed by atoms with Gasteiger partial charge in [0.25, 0.3) is 11.8 Å². The Balaban J connectivity index is 1.64. The Hall–Kier alpha value is -2.64. The lowest BCUT2D eigenvalue weighted by atomic mass is 9.86. The quantitative estimate of drug-likeness (QED) is 0.552. The van der Waals surface area contributed by atoms with E-state index in [4.69, 9.17) is 17.0 Å². The first kappa shape index (κ1) is 20.6. The number of hydrogen-bond acceptors (Lipinski definition) is 5. The first-order valence-electron chi connectivity index (χ1n) is 9.66. The third-order valence-electron chi connectivity index (χ3n) is 5.03. The molecule has 30 heavy (non-hydrogen) atoms. The molecule has 0 aromatic heterocycles. The topological polar surface area (TPSA) is 58.6 Å². The summed E-state index contributed by atoms with van der Waals surface area (Å²) in [6, 6.07) is 13.3. The number of rotatable bonds is 2. The van der Waals surface area contributed by atoms with Crippen molar-refractivity contribution in [2.45, 2.75) is 26.2 Å². The van der Waals surface area contributed by atoms with Crippen LogP contribution in [0.25, 0.3) is 6.08 Å². The lowest BCUT2D eigenvalue weighted by Crippen LogP contribution is -2.38. The molecule has 7 heteroatoms. The van der Waals surface area contributed by atoms with Gasteiger partial charge in [-0.05, 0) is 46.9 Å². The number of nitrogens with one attached hydrogen (secondary N) is 1. The lowest BCUT2D eigenvalue weighted by Gasteiger charge is -2.30. The molecule has 2 aromatic carbocycles. The van der Waals surface area contributed by atoms with Gasteiger partial charge in [0.05, 0.1) is 17.1 Å². The summed E-state index contributed by atoms with van der Waals surface area (Å²) in [6.45, 7) is 7.34. The van der Waals surface area contributed by atoms with Gasteiger partial charge < -0.3 is 15.0 Å². The normalized spacial score (nSPS) is 17.6. The molecule has 0 saturated carbocycles. The van der Waals surface area contributed by atoms with Crippen molar-refractivity contribution < 1.29 is 14.3 Å². The van der Waals surface area contributed by atoms with Crippen LogP contribution in [0.5, 0.6) is 5.75 Å². The molecule has 2 aromatic rings. The van der Waals surface area contributed by atoms with Gasteiger partial charge in [0, 0.05) is 5.56 Å². The van der Waals surface area contributed by atoms with Crippen LogP contribution in [0.1, 0.15) is 42.3 Å². The minimum Gasteiger partial charge on any atom is -0.490 e. The van der Waals surface area contributed by atoms with Crippen molar-refractivity contribution in [2.24, 2.45) is 0 Å². The van der Waals surface area contributed by atoms with E-state index >= 15 is 0 Å². The Morgan fingerprint density at radius 2 is 1.93 bits per heavy atom. The molecule has 0 bridgehead atoms. The van der Waals surface area contributed by atoms with Crippen molar-refractivity contribution in [3.05, 3.63) is 64.1 Å². The smallest absolute Gasteiger partial charge is 0.263 e. The fourth-order valence-electron chi connectivity index (χ4n) is 3.38. The van der Waals surface area contributed by atoms with Gasteiger partial charge in [-0.15, -0.1) is 0 Å². The van der Waals surface area contributed by atoms with Crippen LogP contribution < -0.4 is 15.0 Å². The molecule has 0 aliphatic carbocycles. The average Bonchev–Trinajstić information content (AvgIpc) is 3.03. The maximum absolute atomic E-state index is 13.2. The molecule has 0 atom stereocenters. The van der Waals surface area contributed by atoms with E-state index in [1.54, 1.807) is 11.0 Å². The molecule has 1 saturated heterocycles. The number of ether oxygens (including phenoxy) is 1. The molecule has 2 aliphatic heterocycles. The number of carbonyl (C=O) groups is 2. The Kier molecular flexibility index (Phi) is 5.42. The number of thioether (sulfide) groups is 1. The fraction of sp³-hybridized carbons (Fsp3) is 0.261. The summed E-state index contributed by atoms with van der Waals surface area (Å²) in [5.41, 5.74) is 3.35. The van der Waals surface area contributed by atoms with Gasteiger partial charge in [-0.2, -0.15) is 0 Å². The zero-order chi connectivity index (χ0) is 21.5. The van der Waals surface area contributed by atoms with Crippen LogP contribution in [0.2, 0.25) is 0 Å². The Labute approximate surface area is 185 Å². The maximum atomic E-state index is 13.2. The van der Waals surface area contributed by atoms with Crippen LogP contribution >= 0.6 is 24.0 Å². The number of carbonyl (C=O) groups excluding carboxylic acids is 2. The number of amides is 2. The molecule has 2 aliphatic rings. The lowest BCUT2D eigenvalue weighted by molar-refractivity contribution is -0.115. The highest BCUT2D eigenvalue weighted by molar-refractivity contribution is 8.26. The first-order chi connectivity index (χ1) is 14.2. The number of fused-ring (bicyclic) bond motifs is 1. The monoisotopic (exact) mass is 438 g/mol. The van der Waals surface area contributed by atoms with Crippen LogP contribution in [0, 0.1) is 0 Å². The van der Waals surface area contributed by atoms with Crippen LogP contribution in [0.4, 0.5) is 5.69 Å². The number of hydrogen-bond donors (Lipinski definition) is 1. The third kappa shape index (κ3) is 4.13. The van der Waals surface area contributed by atoms with Gasteiger partial charge in [0.2, 0.25) is 0 Å². The van der Waals surface area contributed by atoms with Crippen molar-refractivity contribution in [2.75, 3.05) is 18.1 Å². The summed E-state index contributed by atoms with van der Waals surface area (Å²) in [5.74, 6) is 0.381. The van der Waals surface area contributed by atoms with Crippen molar-refractivity contribution >= 4 is 51.9 Å². The average molecular weight is 439 g/mol. The number of nitrogens with zero attached hydrogens (tertiary/aromatic N) is 1. The fourth-order valence-corrected chi connectivity index (χ4v) is 4.42. The molecular weight excluding hydrogens is 416 g/mol. The van der Waals surface area contributed by atoms with Crippen LogP contribution in [0.15, 0.2) is 47.4 Å². The Morgan fingerprint density at radius 1 is 1.20 bits per heavy atom. The predicted octanol–water partition coefficient (Wildman–Crippen LogP) is 4.51. The van der Waals surface area contributed by atoms with Crippen LogP contribution in [-0.2, 0) is 10.2 Å². The van der Waals surface area contributed by atoms with E-state index in [1.807, 2.05) is 42.5 Å². The van der Waals surface area contributed by atoms with E-state index in [2.05, 4.69) is 26.1 Å². The van der Waals surface area contributed by atoms with Gasteiger partial charge in [-0.3, -0.25) is 9.59 Å². The Morgan fingerprint density at radius 3 is 2.57 bits per heavy atom. The van der Waals surface area contributed by atoms with E-state index in [0.717, 1.165) is 5.56 Å². The van der Waals surface area contributed by atoms with E-state index in [0.29, 0.717) is 39.4 Å². The number of thiocarbonyl (C=S) groups is 1. The van der Waals surface area contributed by atoms with Gasteiger partial charge in [0.1, 0.15) is 16.7 Å². The van der Waals surface area contributed by atoms with Gasteiger partial charge in [-0.25, -0.2) is 0 Å². The van der Waals surface area contributed by atoms with Crippen LogP contribution in [0.3, 0.4) is 0 Å². The molecule has 2 amide bonds. The summed E-state index contributed by atoms with van der Waals surface area (Å²) in [7, 11) is 0. The van der Waals surface area contributed by atoms with Gasteiger partial charge >= 0.3 is 0 Å². The number of benzene rings is 2. The molecule has 154 valence electrons. The maximum Gasteiger partial charge on any atom is 0.263 e. The largest absolute Gasteiger partial charge is 0.490 e. The van der Waals surface area contributed by atoms with E-state index < -0.39 is 0 Å². The van der Waals surface area contributed by atoms with E-state index in [1.165, 1.54) is 17.3 Å². The van der Waals surface area contributed by atoms with Crippen molar-refractivity contribution in [3.63, 3.8) is 0 Å². The summed E-state index contributed by atoms with van der Waals surface area (Å²) in [5, 5.41) is 2.61. The highest BCUT2D eigenvalue weighted by Crippen LogP contribution is 2.35. The minimum absolute atomic E-state index is 0.0302. The number of anilines is 1. The highest BCUT2D eigenvalue weighted by atomic mass is 32.2. The Bertz CT molecular complexity index is 1070. The second kappa shape index (κ2) is 7.89. The zero-order valence-electron chi connectivity index (χ0n) is 17.0. The second-order valence-electron chi connectivity index (χ2n) is 8.21. The van der Waals surface area contributed by atoms with Gasteiger partial charge in [-0.1, -0.05) is 63.0 Å². The minimum atomic E-state index is -0.203. The molecule has 5 nitrogen and oxygen atoms in total. The standard InChI is InChI=1S/C23H22N2O3S2/c1-23(2,3)16-7-5-15(6-8-16)21(27)25-10-11-28-18-9-4-14(12-17(18)25)13-19-20(26)24-22(29)30-19/h4-9,12-13H,10-11H2,1-3H3,(H,24,26,29)/b19-13-. The molecule has 0 radical (unpaired) electrons. The van der Waals surface area contributed by atoms with Gasteiger partial charge in [0.15, 0.2) is 0 Å². The molecule has 4 rings (SSSR count). The molecule has 0 spiro atoms. The first-order valence-corrected chi connectivity index (χ1v) is 10.9. The third-order valence-corrected chi connectivity index (χ3v) is 6.19. The zero-order valence-corrected chi connectivity index (χ0v) is 18.7. The molecule has 1 fully saturated rings. The summed E-state index contributed by atoms with van der Waals surface area (Å²) < 4.78 is 6.19. The molecular formula is C23H22N2O3S2. The highest BCUT2D eigenvalue weighted by Gasteiger charge is 2.26. The van der Waals surface area contributed by atoms with Crippen molar-refractivity contribution in [3.8, 4) is 5.75 Å². The van der Waals surface area contributed by atoms with E-state index in [-0.39, 0.29) is 17.2 Å². The second-order valence-corrected chi connectivity index (χ2v) is 9.93. The SMILES string of the molecule is CC(C)(C)c1ccc(C(=O)N2CCOc3ccc(/C=C4\SC(=S)NC4=O)cc32)cc1. The van der Waals surface area contributed by atoms with Crippen LogP contribution in [-0.4, -0.2) is 29.3 Å². The molecule has 2 heterocycles. The molecule has 1 N–H and O–H groups in total. The van der Waals surface area contributed by atoms with Crippen molar-refractivity contribution in [1.82, 2.24) is 5.32 Å². The molecule has 0 unspecified atom stereocenters. The van der Waals surface area contributed by atoms with E-state index in [9.17, 15) is 9.59 Å². The summed E-state index contributed by atoms with van der Waals surface area (Å²) >= 11 is 6.28. The predicted molar refractivity (Wildman–Crippen MR) is 125 cm³/mol. The summed E-state index contributed by atoms with van der Waals surface area (Å²) in [4.78, 5) is 27.5. The summed E-state index contributed by atoms with van der Waals surface area (Å²) in [6.07, 6.45) is 1.77.